The van der Waals surface area contributed by atoms with Gasteiger partial charge in [-0.05, 0) is 56.2 Å². The number of carbonyl (C=O) groups is 1. The second-order valence-corrected chi connectivity index (χ2v) is 7.74. The first-order valence-corrected chi connectivity index (χ1v) is 11.1. The molecule has 0 aromatic heterocycles. The zero-order valence-electron chi connectivity index (χ0n) is 18.8. The Balaban J connectivity index is 0.00000450. The molecule has 1 aromatic rings. The number of unbranched alkanes of at least 4 members (excludes halogenated alkanes) is 1. The first-order valence-electron chi connectivity index (χ1n) is 11.1. The molecule has 1 saturated heterocycles. The van der Waals surface area contributed by atoms with Crippen LogP contribution >= 0.6 is 24.0 Å². The number of carbonyl (C=O) groups excluding carboxylic acids is 1. The SMILES string of the molecule is CCCCNC(=O)c1ccc(CN=C(NCC)N(C)CCC2CCOCC2)cc1.I. The number of nitrogens with zero attached hydrogens (tertiary/aromatic N) is 2. The van der Waals surface area contributed by atoms with Gasteiger partial charge in [-0.1, -0.05) is 25.5 Å². The van der Waals surface area contributed by atoms with Crippen LogP contribution in [0.15, 0.2) is 29.3 Å². The number of hydrogen-bond acceptors (Lipinski definition) is 3. The summed E-state index contributed by atoms with van der Waals surface area (Å²) in [4.78, 5) is 19.1. The lowest BCUT2D eigenvalue weighted by Crippen LogP contribution is -2.40. The van der Waals surface area contributed by atoms with Crippen molar-refractivity contribution < 1.29 is 9.53 Å². The number of hydrogen-bond donors (Lipinski definition) is 2. The van der Waals surface area contributed by atoms with E-state index in [2.05, 4.69) is 36.4 Å². The Labute approximate surface area is 199 Å². The molecule has 0 aliphatic carbocycles. The Morgan fingerprint density at radius 3 is 2.50 bits per heavy atom. The molecule has 1 fully saturated rings. The fourth-order valence-corrected chi connectivity index (χ4v) is 3.40. The van der Waals surface area contributed by atoms with Gasteiger partial charge in [0.05, 0.1) is 6.54 Å². The van der Waals surface area contributed by atoms with Gasteiger partial charge < -0.3 is 20.3 Å². The van der Waals surface area contributed by atoms with Gasteiger partial charge in [0.15, 0.2) is 5.96 Å². The number of aliphatic imine (C=N–C) groups is 1. The molecule has 0 saturated carbocycles. The summed E-state index contributed by atoms with van der Waals surface area (Å²) in [5, 5.41) is 6.34. The van der Waals surface area contributed by atoms with Crippen molar-refractivity contribution in [3.8, 4) is 0 Å². The highest BCUT2D eigenvalue weighted by atomic mass is 127. The third kappa shape index (κ3) is 9.64. The Morgan fingerprint density at radius 2 is 1.87 bits per heavy atom. The summed E-state index contributed by atoms with van der Waals surface area (Å²) in [6.07, 6.45) is 5.59. The van der Waals surface area contributed by atoms with Crippen LogP contribution in [0.25, 0.3) is 0 Å². The molecule has 2 N–H and O–H groups in total. The van der Waals surface area contributed by atoms with E-state index in [4.69, 9.17) is 9.73 Å². The Hall–Kier alpha value is -1.35. The van der Waals surface area contributed by atoms with Gasteiger partial charge in [-0.25, -0.2) is 4.99 Å². The van der Waals surface area contributed by atoms with E-state index in [9.17, 15) is 4.79 Å². The Morgan fingerprint density at radius 1 is 1.17 bits per heavy atom. The van der Waals surface area contributed by atoms with Gasteiger partial charge in [0, 0.05) is 45.5 Å². The first-order chi connectivity index (χ1) is 14.1. The maximum atomic E-state index is 12.1. The van der Waals surface area contributed by atoms with Crippen LogP contribution in [0, 0.1) is 5.92 Å². The lowest BCUT2D eigenvalue weighted by Gasteiger charge is -2.26. The second-order valence-electron chi connectivity index (χ2n) is 7.74. The van der Waals surface area contributed by atoms with E-state index in [0.29, 0.717) is 12.1 Å². The average molecular weight is 530 g/mol. The summed E-state index contributed by atoms with van der Waals surface area (Å²) < 4.78 is 5.45. The molecular formula is C23H39IN4O2. The van der Waals surface area contributed by atoms with Crippen LogP contribution in [0.3, 0.4) is 0 Å². The monoisotopic (exact) mass is 530 g/mol. The van der Waals surface area contributed by atoms with E-state index in [0.717, 1.165) is 63.1 Å². The number of ether oxygens (including phenoxy) is 1. The zero-order chi connectivity index (χ0) is 20.9. The van der Waals surface area contributed by atoms with E-state index in [1.54, 1.807) is 0 Å². The third-order valence-corrected chi connectivity index (χ3v) is 5.35. The summed E-state index contributed by atoms with van der Waals surface area (Å²) in [6.45, 7) is 9.17. The lowest BCUT2D eigenvalue weighted by atomic mass is 9.96. The minimum atomic E-state index is -0.00492. The molecule has 0 unspecified atom stereocenters. The molecule has 1 aliphatic rings. The van der Waals surface area contributed by atoms with Crippen LogP contribution in [-0.2, 0) is 11.3 Å². The van der Waals surface area contributed by atoms with Gasteiger partial charge in [0.25, 0.3) is 5.91 Å². The normalized spacial score (nSPS) is 14.7. The van der Waals surface area contributed by atoms with Crippen LogP contribution in [0.5, 0.6) is 0 Å². The van der Waals surface area contributed by atoms with E-state index in [-0.39, 0.29) is 29.9 Å². The highest BCUT2D eigenvalue weighted by molar-refractivity contribution is 14.0. The minimum Gasteiger partial charge on any atom is -0.381 e. The first kappa shape index (κ1) is 26.7. The molecule has 2 rings (SSSR count). The quantitative estimate of drug-likeness (QED) is 0.207. The molecule has 1 aromatic carbocycles. The average Bonchev–Trinajstić information content (AvgIpc) is 2.76. The molecule has 170 valence electrons. The fourth-order valence-electron chi connectivity index (χ4n) is 3.40. The number of guanidine groups is 1. The van der Waals surface area contributed by atoms with Crippen LogP contribution in [0.2, 0.25) is 0 Å². The van der Waals surface area contributed by atoms with Crippen LogP contribution in [0.1, 0.15) is 61.9 Å². The number of rotatable bonds is 10. The maximum absolute atomic E-state index is 12.1. The summed E-state index contributed by atoms with van der Waals surface area (Å²) >= 11 is 0. The van der Waals surface area contributed by atoms with E-state index in [1.165, 1.54) is 19.3 Å². The predicted molar refractivity (Wildman–Crippen MR) is 135 cm³/mol. The number of benzene rings is 1. The lowest BCUT2D eigenvalue weighted by molar-refractivity contribution is 0.0625. The van der Waals surface area contributed by atoms with Gasteiger partial charge in [0.1, 0.15) is 0 Å². The molecule has 6 nitrogen and oxygen atoms in total. The molecule has 7 heteroatoms. The summed E-state index contributed by atoms with van der Waals surface area (Å²) in [7, 11) is 2.10. The van der Waals surface area contributed by atoms with E-state index >= 15 is 0 Å². The van der Waals surface area contributed by atoms with E-state index in [1.807, 2.05) is 24.3 Å². The second kappa shape index (κ2) is 15.5. The van der Waals surface area contributed by atoms with Gasteiger partial charge in [-0.15, -0.1) is 24.0 Å². The molecular weight excluding hydrogens is 491 g/mol. The number of halogens is 1. The van der Waals surface area contributed by atoms with Crippen molar-refractivity contribution in [2.24, 2.45) is 10.9 Å². The number of nitrogens with one attached hydrogen (secondary N) is 2. The van der Waals surface area contributed by atoms with E-state index < -0.39 is 0 Å². The smallest absolute Gasteiger partial charge is 0.251 e. The van der Waals surface area contributed by atoms with Crippen molar-refractivity contribution in [1.29, 1.82) is 0 Å². The number of amides is 1. The van der Waals surface area contributed by atoms with Gasteiger partial charge in [-0.3, -0.25) is 4.79 Å². The molecule has 0 radical (unpaired) electrons. The summed E-state index contributed by atoms with van der Waals surface area (Å²) in [5.74, 6) is 1.68. The molecule has 1 heterocycles. The van der Waals surface area contributed by atoms with Crippen molar-refractivity contribution in [1.82, 2.24) is 15.5 Å². The Kier molecular flexibility index (Phi) is 13.7. The highest BCUT2D eigenvalue weighted by Gasteiger charge is 2.15. The van der Waals surface area contributed by atoms with Crippen molar-refractivity contribution in [3.63, 3.8) is 0 Å². The standard InChI is InChI=1S/C23H38N4O2.HI/c1-4-6-14-25-22(28)21-9-7-20(8-10-21)18-26-23(24-5-2)27(3)15-11-19-12-16-29-17-13-19;/h7-10,19H,4-6,11-18H2,1-3H3,(H,24,26)(H,25,28);1H. The van der Waals surface area contributed by atoms with Crippen LogP contribution < -0.4 is 10.6 Å². The summed E-state index contributed by atoms with van der Waals surface area (Å²) in [6, 6.07) is 7.75. The fraction of sp³-hybridized carbons (Fsp3) is 0.652. The van der Waals surface area contributed by atoms with Crippen LogP contribution in [-0.4, -0.2) is 56.7 Å². The van der Waals surface area contributed by atoms with Crippen molar-refractivity contribution >= 4 is 35.8 Å². The summed E-state index contributed by atoms with van der Waals surface area (Å²) in [5.41, 5.74) is 1.80. The topological polar surface area (TPSA) is 66.0 Å². The van der Waals surface area contributed by atoms with Crippen molar-refractivity contribution in [3.05, 3.63) is 35.4 Å². The molecule has 1 amide bonds. The largest absolute Gasteiger partial charge is 0.381 e. The minimum absolute atomic E-state index is 0. The van der Waals surface area contributed by atoms with Gasteiger partial charge in [-0.2, -0.15) is 0 Å². The third-order valence-electron chi connectivity index (χ3n) is 5.35. The van der Waals surface area contributed by atoms with Gasteiger partial charge >= 0.3 is 0 Å². The molecule has 0 atom stereocenters. The predicted octanol–water partition coefficient (Wildman–Crippen LogP) is 4.05. The maximum Gasteiger partial charge on any atom is 0.251 e. The molecule has 30 heavy (non-hydrogen) atoms. The molecule has 0 bridgehead atoms. The van der Waals surface area contributed by atoms with Crippen molar-refractivity contribution in [2.45, 2.75) is 52.5 Å². The molecule has 0 spiro atoms. The van der Waals surface area contributed by atoms with Crippen molar-refractivity contribution in [2.75, 3.05) is 39.9 Å². The highest BCUT2D eigenvalue weighted by Crippen LogP contribution is 2.18. The molecule has 1 aliphatic heterocycles. The zero-order valence-corrected chi connectivity index (χ0v) is 21.1. The van der Waals surface area contributed by atoms with Gasteiger partial charge in [0.2, 0.25) is 0 Å². The Bertz CT molecular complexity index is 631. The van der Waals surface area contributed by atoms with Crippen LogP contribution in [0.4, 0.5) is 0 Å².